The molecule has 1 N–H and O–H groups in total. The molecule has 1 aliphatic heterocycles. The van der Waals surface area contributed by atoms with Gasteiger partial charge in [-0.1, -0.05) is 11.3 Å². The van der Waals surface area contributed by atoms with Crippen LogP contribution in [0.1, 0.15) is 21.9 Å². The summed E-state index contributed by atoms with van der Waals surface area (Å²) in [5.74, 6) is 1.30. The van der Waals surface area contributed by atoms with E-state index in [1.165, 1.54) is 11.3 Å². The zero-order valence-electron chi connectivity index (χ0n) is 12.9. The summed E-state index contributed by atoms with van der Waals surface area (Å²) in [6.45, 7) is 5.54. The minimum absolute atomic E-state index is 0.0523. The molecular weight excluding hydrogens is 318 g/mol. The van der Waals surface area contributed by atoms with Gasteiger partial charge in [-0.3, -0.25) is 10.1 Å². The van der Waals surface area contributed by atoms with E-state index >= 15 is 0 Å². The van der Waals surface area contributed by atoms with Gasteiger partial charge >= 0.3 is 6.03 Å². The van der Waals surface area contributed by atoms with Crippen LogP contribution in [0.3, 0.4) is 0 Å². The number of rotatable bonds is 2. The van der Waals surface area contributed by atoms with Crippen LogP contribution in [0.5, 0.6) is 0 Å². The molecule has 2 aromatic heterocycles. The lowest BCUT2D eigenvalue weighted by Gasteiger charge is -2.34. The van der Waals surface area contributed by atoms with E-state index in [1.807, 2.05) is 6.92 Å². The highest BCUT2D eigenvalue weighted by molar-refractivity contribution is 7.13. The Balaban J connectivity index is 1.57. The van der Waals surface area contributed by atoms with Crippen LogP contribution in [0.15, 0.2) is 16.0 Å². The minimum atomic E-state index is -0.218. The van der Waals surface area contributed by atoms with Crippen LogP contribution < -0.4 is 5.32 Å². The molecule has 0 atom stereocenters. The third-order valence-corrected chi connectivity index (χ3v) is 4.31. The molecule has 0 bridgehead atoms. The van der Waals surface area contributed by atoms with E-state index in [2.05, 4.69) is 15.5 Å². The average Bonchev–Trinajstić information content (AvgIpc) is 3.16. The smallest absolute Gasteiger partial charge is 0.323 e. The lowest BCUT2D eigenvalue weighted by atomic mass is 10.2. The monoisotopic (exact) mass is 335 g/mol. The zero-order chi connectivity index (χ0) is 16.4. The summed E-state index contributed by atoms with van der Waals surface area (Å²) in [4.78, 5) is 28.0. The van der Waals surface area contributed by atoms with Crippen molar-refractivity contribution in [3.63, 3.8) is 0 Å². The van der Waals surface area contributed by atoms with Crippen molar-refractivity contribution >= 4 is 28.4 Å². The van der Waals surface area contributed by atoms with Gasteiger partial charge < -0.3 is 14.2 Å². The summed E-state index contributed by atoms with van der Waals surface area (Å²) >= 11 is 1.27. The number of hydrogen-bond acceptors (Lipinski definition) is 6. The van der Waals surface area contributed by atoms with Crippen molar-refractivity contribution in [2.24, 2.45) is 0 Å². The van der Waals surface area contributed by atoms with Gasteiger partial charge in [0.1, 0.15) is 17.0 Å². The maximum atomic E-state index is 12.5. The Bertz CT molecular complexity index is 704. The number of carbonyl (C=O) groups is 2. The van der Waals surface area contributed by atoms with E-state index < -0.39 is 0 Å². The first-order valence-corrected chi connectivity index (χ1v) is 8.11. The minimum Gasteiger partial charge on any atom is -0.466 e. The molecule has 3 rings (SSSR count). The van der Waals surface area contributed by atoms with Crippen molar-refractivity contribution in [1.29, 1.82) is 0 Å². The Morgan fingerprint density at radius 3 is 2.48 bits per heavy atom. The molecule has 9 heteroatoms. The highest BCUT2D eigenvalue weighted by Crippen LogP contribution is 2.17. The Morgan fingerprint density at radius 1 is 1.22 bits per heavy atom. The zero-order valence-corrected chi connectivity index (χ0v) is 13.7. The second-order valence-corrected chi connectivity index (χ2v) is 6.11. The molecule has 1 saturated heterocycles. The van der Waals surface area contributed by atoms with E-state index in [-0.39, 0.29) is 11.9 Å². The third kappa shape index (κ3) is 3.34. The second kappa shape index (κ2) is 6.37. The lowest BCUT2D eigenvalue weighted by Crippen LogP contribution is -2.51. The van der Waals surface area contributed by atoms with Gasteiger partial charge in [0.15, 0.2) is 0 Å². The molecule has 0 saturated carbocycles. The summed E-state index contributed by atoms with van der Waals surface area (Å²) < 4.78 is 5.41. The van der Waals surface area contributed by atoms with Gasteiger partial charge in [-0.2, -0.15) is 0 Å². The fraction of sp³-hybridized carbons (Fsp3) is 0.429. The molecule has 1 fully saturated rings. The van der Waals surface area contributed by atoms with Gasteiger partial charge in [0.2, 0.25) is 5.13 Å². The molecule has 3 heterocycles. The molecule has 122 valence electrons. The first-order valence-electron chi connectivity index (χ1n) is 7.23. The SMILES string of the molecule is Cc1cc(C(=O)N2CCN(C(=O)Nc3nncs3)CC2)c(C)o1. The molecule has 0 aliphatic carbocycles. The number of nitrogens with zero attached hydrogens (tertiary/aromatic N) is 4. The Morgan fingerprint density at radius 2 is 1.91 bits per heavy atom. The third-order valence-electron chi connectivity index (χ3n) is 3.70. The van der Waals surface area contributed by atoms with Crippen molar-refractivity contribution in [2.75, 3.05) is 31.5 Å². The van der Waals surface area contributed by atoms with Crippen molar-refractivity contribution < 1.29 is 14.0 Å². The number of furan rings is 1. The van der Waals surface area contributed by atoms with E-state index in [1.54, 1.807) is 28.3 Å². The first kappa shape index (κ1) is 15.5. The molecule has 3 amide bonds. The van der Waals surface area contributed by atoms with Crippen molar-refractivity contribution in [3.05, 3.63) is 28.7 Å². The highest BCUT2D eigenvalue weighted by Gasteiger charge is 2.27. The van der Waals surface area contributed by atoms with Crippen molar-refractivity contribution in [2.45, 2.75) is 13.8 Å². The van der Waals surface area contributed by atoms with Crippen LogP contribution in [-0.2, 0) is 0 Å². The van der Waals surface area contributed by atoms with Gasteiger partial charge in [0.05, 0.1) is 5.56 Å². The molecule has 2 aromatic rings. The molecule has 0 unspecified atom stereocenters. The molecule has 0 aromatic carbocycles. The fourth-order valence-electron chi connectivity index (χ4n) is 2.52. The molecule has 8 nitrogen and oxygen atoms in total. The summed E-state index contributed by atoms with van der Waals surface area (Å²) in [7, 11) is 0. The average molecular weight is 335 g/mol. The van der Waals surface area contributed by atoms with Gasteiger partial charge in [0, 0.05) is 26.2 Å². The number of piperazine rings is 1. The van der Waals surface area contributed by atoms with Crippen molar-refractivity contribution in [1.82, 2.24) is 20.0 Å². The maximum Gasteiger partial charge on any atom is 0.323 e. The highest BCUT2D eigenvalue weighted by atomic mass is 32.1. The largest absolute Gasteiger partial charge is 0.466 e. The van der Waals surface area contributed by atoms with Crippen LogP contribution >= 0.6 is 11.3 Å². The number of urea groups is 1. The maximum absolute atomic E-state index is 12.5. The number of aryl methyl sites for hydroxylation is 2. The molecule has 0 radical (unpaired) electrons. The van der Waals surface area contributed by atoms with E-state index in [4.69, 9.17) is 4.42 Å². The molecule has 1 aliphatic rings. The van der Waals surface area contributed by atoms with Crippen LogP contribution in [-0.4, -0.2) is 58.1 Å². The molecular formula is C14H17N5O3S. The molecule has 23 heavy (non-hydrogen) atoms. The number of hydrogen-bond donors (Lipinski definition) is 1. The van der Waals surface area contributed by atoms with Gasteiger partial charge in [-0.25, -0.2) is 4.79 Å². The van der Waals surface area contributed by atoms with Gasteiger partial charge in [-0.05, 0) is 19.9 Å². The lowest BCUT2D eigenvalue weighted by molar-refractivity contribution is 0.0670. The van der Waals surface area contributed by atoms with Crippen molar-refractivity contribution in [3.8, 4) is 0 Å². The number of amides is 3. The molecule has 0 spiro atoms. The number of nitrogens with one attached hydrogen (secondary N) is 1. The predicted molar refractivity (Wildman–Crippen MR) is 84.6 cm³/mol. The second-order valence-electron chi connectivity index (χ2n) is 5.28. The van der Waals surface area contributed by atoms with Crippen LogP contribution in [0.25, 0.3) is 0 Å². The van der Waals surface area contributed by atoms with E-state index in [0.717, 1.165) is 5.76 Å². The predicted octanol–water partition coefficient (Wildman–Crippen LogP) is 1.74. The van der Waals surface area contributed by atoms with E-state index in [0.29, 0.717) is 42.6 Å². The number of anilines is 1. The Hall–Kier alpha value is -2.42. The summed E-state index contributed by atoms with van der Waals surface area (Å²) in [6, 6.07) is 1.54. The standard InChI is InChI=1S/C14H17N5O3S/c1-9-7-11(10(2)22-9)12(20)18-3-5-19(6-4-18)14(21)16-13-17-15-8-23-13/h7-8H,3-6H2,1-2H3,(H,16,17,21). The number of carbonyl (C=O) groups excluding carboxylic acids is 2. The quantitative estimate of drug-likeness (QED) is 0.902. The topological polar surface area (TPSA) is 91.6 Å². The first-order chi connectivity index (χ1) is 11.0. The van der Waals surface area contributed by atoms with Crippen LogP contribution in [0.2, 0.25) is 0 Å². The normalized spacial score (nSPS) is 14.9. The van der Waals surface area contributed by atoms with Crippen LogP contribution in [0.4, 0.5) is 9.93 Å². The Kier molecular flexibility index (Phi) is 4.28. The summed E-state index contributed by atoms with van der Waals surface area (Å²) in [5, 5.41) is 10.6. The fourth-order valence-corrected chi connectivity index (χ4v) is 2.96. The van der Waals surface area contributed by atoms with E-state index in [9.17, 15) is 9.59 Å². The van der Waals surface area contributed by atoms with Crippen LogP contribution in [0, 0.1) is 13.8 Å². The van der Waals surface area contributed by atoms with Gasteiger partial charge in [0.25, 0.3) is 5.91 Å². The Labute approximate surface area is 137 Å². The number of aromatic nitrogens is 2. The van der Waals surface area contributed by atoms with Gasteiger partial charge in [-0.15, -0.1) is 10.2 Å². The summed E-state index contributed by atoms with van der Waals surface area (Å²) in [5.41, 5.74) is 2.15. The summed E-state index contributed by atoms with van der Waals surface area (Å²) in [6.07, 6.45) is 0.